The van der Waals surface area contributed by atoms with E-state index in [9.17, 15) is 4.79 Å². The van der Waals surface area contributed by atoms with Crippen LogP contribution in [0.15, 0.2) is 24.3 Å². The molecule has 3 N–H and O–H groups in total. The minimum atomic E-state index is -0.917. The number of likely N-dealkylation sites (N-methyl/N-ethyl adjacent to an activating group) is 1. The van der Waals surface area contributed by atoms with Gasteiger partial charge in [0.2, 0.25) is 0 Å². The molecule has 14 heavy (non-hydrogen) atoms. The Morgan fingerprint density at radius 1 is 1.50 bits per heavy atom. The first kappa shape index (κ1) is 10.4. The molecule has 0 saturated carbocycles. The van der Waals surface area contributed by atoms with Crippen LogP contribution in [0.2, 0.25) is 0 Å². The van der Waals surface area contributed by atoms with Crippen molar-refractivity contribution in [2.75, 3.05) is 19.3 Å². The van der Waals surface area contributed by atoms with E-state index in [1.54, 1.807) is 7.05 Å². The third-order valence-corrected chi connectivity index (χ3v) is 2.10. The van der Waals surface area contributed by atoms with Gasteiger partial charge in [-0.1, -0.05) is 18.2 Å². The molecule has 1 aromatic carbocycles. The van der Waals surface area contributed by atoms with Crippen molar-refractivity contribution in [3.05, 3.63) is 29.8 Å². The number of para-hydroxylation sites is 1. The zero-order valence-corrected chi connectivity index (χ0v) is 8.10. The Morgan fingerprint density at radius 2 is 2.14 bits per heavy atom. The first-order chi connectivity index (χ1) is 6.61. The highest BCUT2D eigenvalue weighted by atomic mass is 16.4. The van der Waals surface area contributed by atoms with Gasteiger partial charge in [0, 0.05) is 19.3 Å². The Hall–Kier alpha value is -1.71. The molecule has 0 aliphatic heterocycles. The maximum absolute atomic E-state index is 10.5. The van der Waals surface area contributed by atoms with Crippen molar-refractivity contribution >= 4 is 11.8 Å². The molecule has 1 amide bonds. The van der Waals surface area contributed by atoms with Crippen LogP contribution in [0, 0.1) is 0 Å². The molecular formula is C10H14N2O2. The van der Waals surface area contributed by atoms with E-state index >= 15 is 0 Å². The third-order valence-electron chi connectivity index (χ3n) is 2.10. The summed E-state index contributed by atoms with van der Waals surface area (Å²) in [4.78, 5) is 11.7. The second kappa shape index (κ2) is 4.50. The Labute approximate surface area is 82.9 Å². The Balaban J connectivity index is 2.54. The van der Waals surface area contributed by atoms with Crippen LogP contribution >= 0.6 is 0 Å². The van der Waals surface area contributed by atoms with Gasteiger partial charge in [-0.25, -0.2) is 4.79 Å². The second-order valence-corrected chi connectivity index (χ2v) is 3.15. The van der Waals surface area contributed by atoms with E-state index in [0.717, 1.165) is 5.56 Å². The van der Waals surface area contributed by atoms with Crippen molar-refractivity contribution in [3.63, 3.8) is 0 Å². The lowest BCUT2D eigenvalue weighted by Crippen LogP contribution is -2.27. The number of carbonyl (C=O) groups is 1. The molecule has 0 unspecified atom stereocenters. The summed E-state index contributed by atoms with van der Waals surface area (Å²) in [6.45, 7) is 0.462. The molecule has 0 saturated heterocycles. The molecule has 0 radical (unpaired) electrons. The van der Waals surface area contributed by atoms with Crippen molar-refractivity contribution in [1.82, 2.24) is 4.90 Å². The summed E-state index contributed by atoms with van der Waals surface area (Å²) in [6, 6.07) is 7.48. The summed E-state index contributed by atoms with van der Waals surface area (Å²) < 4.78 is 0. The summed E-state index contributed by atoms with van der Waals surface area (Å²) in [6.07, 6.45) is -0.269. The number of nitrogens with zero attached hydrogens (tertiary/aromatic N) is 1. The zero-order chi connectivity index (χ0) is 10.6. The van der Waals surface area contributed by atoms with E-state index in [0.29, 0.717) is 18.7 Å². The SMILES string of the molecule is CN(CCc1ccccc1N)C(=O)O. The number of anilines is 1. The van der Waals surface area contributed by atoms with E-state index < -0.39 is 6.09 Å². The highest BCUT2D eigenvalue weighted by molar-refractivity contribution is 5.64. The van der Waals surface area contributed by atoms with Gasteiger partial charge in [-0.3, -0.25) is 0 Å². The molecule has 1 aromatic rings. The number of carboxylic acid groups (broad SMARTS) is 1. The van der Waals surface area contributed by atoms with Crippen molar-refractivity contribution in [2.45, 2.75) is 6.42 Å². The lowest BCUT2D eigenvalue weighted by molar-refractivity contribution is 0.156. The molecule has 4 nitrogen and oxygen atoms in total. The second-order valence-electron chi connectivity index (χ2n) is 3.15. The van der Waals surface area contributed by atoms with Crippen LogP contribution in [0.25, 0.3) is 0 Å². The predicted octanol–water partition coefficient (Wildman–Crippen LogP) is 1.42. The molecule has 76 valence electrons. The van der Waals surface area contributed by atoms with Crippen LogP contribution in [0.4, 0.5) is 10.5 Å². The van der Waals surface area contributed by atoms with Crippen LogP contribution in [-0.4, -0.2) is 29.7 Å². The van der Waals surface area contributed by atoms with Gasteiger partial charge in [-0.05, 0) is 18.1 Å². The maximum Gasteiger partial charge on any atom is 0.407 e. The summed E-state index contributed by atoms with van der Waals surface area (Å²) in [5.41, 5.74) is 7.42. The molecule has 0 spiro atoms. The standard InChI is InChI=1S/C10H14N2O2/c1-12(10(13)14)7-6-8-4-2-3-5-9(8)11/h2-5H,6-7,11H2,1H3,(H,13,14). The van der Waals surface area contributed by atoms with Crippen molar-refractivity contribution in [1.29, 1.82) is 0 Å². The van der Waals surface area contributed by atoms with Crippen molar-refractivity contribution in [2.24, 2.45) is 0 Å². The largest absolute Gasteiger partial charge is 0.465 e. The molecule has 0 aromatic heterocycles. The van der Waals surface area contributed by atoms with Gasteiger partial charge in [-0.15, -0.1) is 0 Å². The van der Waals surface area contributed by atoms with E-state index in [2.05, 4.69) is 0 Å². The van der Waals surface area contributed by atoms with Gasteiger partial charge in [0.1, 0.15) is 0 Å². The van der Waals surface area contributed by atoms with Crippen LogP contribution < -0.4 is 5.73 Å². The van der Waals surface area contributed by atoms with Crippen LogP contribution in [0.1, 0.15) is 5.56 Å². The molecule has 0 heterocycles. The van der Waals surface area contributed by atoms with Gasteiger partial charge in [0.15, 0.2) is 0 Å². The fourth-order valence-corrected chi connectivity index (χ4v) is 1.15. The fourth-order valence-electron chi connectivity index (χ4n) is 1.15. The fraction of sp³-hybridized carbons (Fsp3) is 0.300. The Morgan fingerprint density at radius 3 is 2.71 bits per heavy atom. The predicted molar refractivity (Wildman–Crippen MR) is 55.2 cm³/mol. The summed E-state index contributed by atoms with van der Waals surface area (Å²) in [7, 11) is 1.54. The van der Waals surface area contributed by atoms with Gasteiger partial charge in [-0.2, -0.15) is 0 Å². The lowest BCUT2D eigenvalue weighted by atomic mass is 10.1. The summed E-state index contributed by atoms with van der Waals surface area (Å²) in [5.74, 6) is 0. The number of amides is 1. The molecule has 0 atom stereocenters. The lowest BCUT2D eigenvalue weighted by Gasteiger charge is -2.13. The Bertz CT molecular complexity index is 326. The number of rotatable bonds is 3. The minimum absolute atomic E-state index is 0.462. The van der Waals surface area contributed by atoms with E-state index in [1.807, 2.05) is 24.3 Å². The zero-order valence-electron chi connectivity index (χ0n) is 8.10. The number of benzene rings is 1. The van der Waals surface area contributed by atoms with E-state index in [1.165, 1.54) is 4.90 Å². The smallest absolute Gasteiger partial charge is 0.407 e. The van der Waals surface area contributed by atoms with Crippen molar-refractivity contribution in [3.8, 4) is 0 Å². The molecule has 0 bridgehead atoms. The van der Waals surface area contributed by atoms with Crippen LogP contribution in [-0.2, 0) is 6.42 Å². The first-order valence-corrected chi connectivity index (χ1v) is 4.38. The van der Waals surface area contributed by atoms with Gasteiger partial charge >= 0.3 is 6.09 Å². The number of hydrogen-bond donors (Lipinski definition) is 2. The van der Waals surface area contributed by atoms with Crippen LogP contribution in [0.3, 0.4) is 0 Å². The molecule has 1 rings (SSSR count). The van der Waals surface area contributed by atoms with Gasteiger partial charge in [0.05, 0.1) is 0 Å². The van der Waals surface area contributed by atoms with E-state index in [4.69, 9.17) is 10.8 Å². The number of hydrogen-bond acceptors (Lipinski definition) is 2. The molecule has 0 aliphatic rings. The number of nitrogens with two attached hydrogens (primary N) is 1. The summed E-state index contributed by atoms with van der Waals surface area (Å²) >= 11 is 0. The first-order valence-electron chi connectivity index (χ1n) is 4.38. The molecular weight excluding hydrogens is 180 g/mol. The molecule has 0 aliphatic carbocycles. The third kappa shape index (κ3) is 2.65. The van der Waals surface area contributed by atoms with Crippen LogP contribution in [0.5, 0.6) is 0 Å². The van der Waals surface area contributed by atoms with E-state index in [-0.39, 0.29) is 0 Å². The molecule has 4 heteroatoms. The average Bonchev–Trinajstić information content (AvgIpc) is 2.16. The average molecular weight is 194 g/mol. The van der Waals surface area contributed by atoms with Crippen molar-refractivity contribution < 1.29 is 9.90 Å². The number of nitrogen functional groups attached to an aromatic ring is 1. The van der Waals surface area contributed by atoms with Gasteiger partial charge in [0.25, 0.3) is 0 Å². The summed E-state index contributed by atoms with van der Waals surface area (Å²) in [5, 5.41) is 8.62. The molecule has 0 fully saturated rings. The minimum Gasteiger partial charge on any atom is -0.465 e. The normalized spacial score (nSPS) is 9.79. The Kier molecular flexibility index (Phi) is 3.34. The highest BCUT2D eigenvalue weighted by Gasteiger charge is 2.05. The maximum atomic E-state index is 10.5. The topological polar surface area (TPSA) is 66.6 Å². The quantitative estimate of drug-likeness (QED) is 0.715. The monoisotopic (exact) mass is 194 g/mol. The highest BCUT2D eigenvalue weighted by Crippen LogP contribution is 2.11. The van der Waals surface area contributed by atoms with Gasteiger partial charge < -0.3 is 15.7 Å².